The summed E-state index contributed by atoms with van der Waals surface area (Å²) in [5.41, 5.74) is -0.512. The molecule has 2 rings (SSSR count). The molecule has 1 N–H and O–H groups in total. The van der Waals surface area contributed by atoms with Gasteiger partial charge in [-0.2, -0.15) is 0 Å². The van der Waals surface area contributed by atoms with Crippen LogP contribution in [0.25, 0.3) is 0 Å². The molecule has 0 amide bonds. The molecule has 128 valence electrons. The molecule has 0 fully saturated rings. The summed E-state index contributed by atoms with van der Waals surface area (Å²) in [6.07, 6.45) is 0. The molecule has 0 aliphatic rings. The largest absolute Gasteiger partial charge is 0.489 e. The number of ether oxygens (including phenoxy) is 1. The van der Waals surface area contributed by atoms with E-state index < -0.39 is 26.5 Å². The molecule has 10 heteroatoms. The van der Waals surface area contributed by atoms with Crippen molar-refractivity contribution in [3.63, 3.8) is 0 Å². The highest BCUT2D eigenvalue weighted by molar-refractivity contribution is 7.89. The lowest BCUT2D eigenvalue weighted by molar-refractivity contribution is -0.384. The van der Waals surface area contributed by atoms with E-state index in [9.17, 15) is 22.9 Å². The van der Waals surface area contributed by atoms with Crippen molar-refractivity contribution in [1.82, 2.24) is 4.72 Å². The molecule has 0 atom stereocenters. The number of halogens is 2. The number of sulfonamides is 1. The van der Waals surface area contributed by atoms with Crippen LogP contribution in [-0.4, -0.2) is 26.5 Å². The molecule has 0 heterocycles. The third kappa shape index (κ3) is 4.40. The van der Waals surface area contributed by atoms with E-state index in [2.05, 4.69) is 4.72 Å². The first-order valence-electron chi connectivity index (χ1n) is 6.62. The zero-order valence-corrected chi connectivity index (χ0v) is 13.7. The number of nitrogens with zero attached hydrogens (tertiary/aromatic N) is 1. The Bertz CT molecular complexity index is 860. The van der Waals surface area contributed by atoms with Gasteiger partial charge in [0.2, 0.25) is 10.0 Å². The molecule has 0 aliphatic heterocycles. The molecular weight excluding hydrogens is 363 g/mol. The number of rotatable bonds is 7. The quantitative estimate of drug-likeness (QED) is 0.456. The van der Waals surface area contributed by atoms with Crippen LogP contribution in [0.2, 0.25) is 5.02 Å². The van der Waals surface area contributed by atoms with Gasteiger partial charge in [0.15, 0.2) is 11.6 Å². The van der Waals surface area contributed by atoms with Crippen LogP contribution in [0.15, 0.2) is 47.4 Å². The number of hydrogen-bond acceptors (Lipinski definition) is 5. The Labute approximate surface area is 142 Å². The summed E-state index contributed by atoms with van der Waals surface area (Å²) in [7, 11) is -3.98. The molecule has 2 aromatic carbocycles. The molecule has 7 nitrogen and oxygen atoms in total. The van der Waals surface area contributed by atoms with Crippen molar-refractivity contribution in [2.45, 2.75) is 4.90 Å². The molecule has 0 radical (unpaired) electrons. The van der Waals surface area contributed by atoms with E-state index in [1.165, 1.54) is 18.2 Å². The molecule has 0 saturated heterocycles. The van der Waals surface area contributed by atoms with Crippen LogP contribution < -0.4 is 9.46 Å². The normalized spacial score (nSPS) is 11.2. The summed E-state index contributed by atoms with van der Waals surface area (Å²) in [6, 6.07) is 8.84. The highest BCUT2D eigenvalue weighted by Crippen LogP contribution is 2.26. The molecule has 0 unspecified atom stereocenters. The first kappa shape index (κ1) is 18.1. The topological polar surface area (TPSA) is 98.5 Å². The van der Waals surface area contributed by atoms with Gasteiger partial charge in [0.1, 0.15) is 11.6 Å². The summed E-state index contributed by atoms with van der Waals surface area (Å²) in [5.74, 6) is -0.562. The van der Waals surface area contributed by atoms with Gasteiger partial charge >= 0.3 is 0 Å². The van der Waals surface area contributed by atoms with Gasteiger partial charge in [0, 0.05) is 12.6 Å². The maximum absolute atomic E-state index is 13.3. The zero-order valence-electron chi connectivity index (χ0n) is 12.1. The fraction of sp³-hybridized carbons (Fsp3) is 0.143. The molecule has 24 heavy (non-hydrogen) atoms. The van der Waals surface area contributed by atoms with E-state index in [0.29, 0.717) is 0 Å². The summed E-state index contributed by atoms with van der Waals surface area (Å²) < 4.78 is 44.8. The smallest absolute Gasteiger partial charge is 0.289 e. The maximum atomic E-state index is 13.3. The van der Waals surface area contributed by atoms with Crippen LogP contribution in [-0.2, 0) is 10.0 Å². The Balaban J connectivity index is 2.00. The Morgan fingerprint density at radius 1 is 1.25 bits per heavy atom. The Morgan fingerprint density at radius 2 is 1.96 bits per heavy atom. The minimum Gasteiger partial charge on any atom is -0.489 e. The van der Waals surface area contributed by atoms with Crippen molar-refractivity contribution < 1.29 is 22.5 Å². The summed E-state index contributed by atoms with van der Waals surface area (Å²) >= 11 is 5.64. The number of nitro benzene ring substituents is 1. The lowest BCUT2D eigenvalue weighted by Gasteiger charge is -2.09. The van der Waals surface area contributed by atoms with Crippen molar-refractivity contribution in [2.24, 2.45) is 0 Å². The van der Waals surface area contributed by atoms with E-state index in [4.69, 9.17) is 16.3 Å². The standard InChI is InChI=1S/C14H12ClFN2O5S/c15-11-6-5-10(9-13(11)18(19)20)24(21,22)17-7-8-23-14-4-2-1-3-12(14)16/h1-6,9,17H,7-8H2. The Hall–Kier alpha value is -2.23. The third-order valence-corrected chi connectivity index (χ3v) is 4.69. The number of nitrogens with one attached hydrogen (secondary N) is 1. The van der Waals surface area contributed by atoms with Crippen LogP contribution in [0.5, 0.6) is 5.75 Å². The van der Waals surface area contributed by atoms with Crippen LogP contribution in [0, 0.1) is 15.9 Å². The minimum atomic E-state index is -3.98. The summed E-state index contributed by atoms with van der Waals surface area (Å²) in [5, 5.41) is 10.6. The average molecular weight is 375 g/mol. The molecule has 0 spiro atoms. The fourth-order valence-corrected chi connectivity index (χ4v) is 3.00. The highest BCUT2D eigenvalue weighted by atomic mass is 35.5. The van der Waals surface area contributed by atoms with Gasteiger partial charge in [0.25, 0.3) is 5.69 Å². The average Bonchev–Trinajstić information content (AvgIpc) is 2.53. The number of benzene rings is 2. The third-order valence-electron chi connectivity index (χ3n) is 2.91. The second-order valence-corrected chi connectivity index (χ2v) is 6.72. The Kier molecular flexibility index (Phi) is 5.71. The second-order valence-electron chi connectivity index (χ2n) is 4.55. The van der Waals surface area contributed by atoms with E-state index >= 15 is 0 Å². The van der Waals surface area contributed by atoms with Crippen molar-refractivity contribution in [2.75, 3.05) is 13.2 Å². The van der Waals surface area contributed by atoms with E-state index in [1.54, 1.807) is 6.07 Å². The van der Waals surface area contributed by atoms with E-state index in [-0.39, 0.29) is 28.8 Å². The highest BCUT2D eigenvalue weighted by Gasteiger charge is 2.20. The SMILES string of the molecule is O=[N+]([O-])c1cc(S(=O)(=O)NCCOc2ccccc2F)ccc1Cl. The van der Waals surface area contributed by atoms with Gasteiger partial charge in [-0.05, 0) is 24.3 Å². The molecule has 0 aliphatic carbocycles. The number of hydrogen-bond donors (Lipinski definition) is 1. The van der Waals surface area contributed by atoms with Gasteiger partial charge < -0.3 is 4.74 Å². The van der Waals surface area contributed by atoms with E-state index in [0.717, 1.165) is 18.2 Å². The lowest BCUT2D eigenvalue weighted by atomic mass is 10.3. The fourth-order valence-electron chi connectivity index (χ4n) is 1.78. The predicted molar refractivity (Wildman–Crippen MR) is 85.2 cm³/mol. The second kappa shape index (κ2) is 7.56. The first-order chi connectivity index (χ1) is 11.3. The van der Waals surface area contributed by atoms with Crippen molar-refractivity contribution in [1.29, 1.82) is 0 Å². The van der Waals surface area contributed by atoms with Gasteiger partial charge in [-0.1, -0.05) is 23.7 Å². The number of para-hydroxylation sites is 1. The van der Waals surface area contributed by atoms with Crippen LogP contribution >= 0.6 is 11.6 Å². The molecule has 0 aromatic heterocycles. The van der Waals surface area contributed by atoms with Crippen molar-refractivity contribution in [3.05, 3.63) is 63.4 Å². The molecule has 0 saturated carbocycles. The first-order valence-corrected chi connectivity index (χ1v) is 8.48. The predicted octanol–water partition coefficient (Wildman–Crippen LogP) is 2.74. The van der Waals surface area contributed by atoms with Crippen LogP contribution in [0.3, 0.4) is 0 Å². The lowest BCUT2D eigenvalue weighted by Crippen LogP contribution is -2.28. The summed E-state index contributed by atoms with van der Waals surface area (Å²) in [6.45, 7) is -0.261. The van der Waals surface area contributed by atoms with E-state index in [1.807, 2.05) is 0 Å². The van der Waals surface area contributed by atoms with Gasteiger partial charge in [-0.3, -0.25) is 10.1 Å². The zero-order chi connectivity index (χ0) is 17.7. The maximum Gasteiger partial charge on any atom is 0.289 e. The van der Waals surface area contributed by atoms with Gasteiger partial charge in [-0.15, -0.1) is 0 Å². The molecule has 0 bridgehead atoms. The van der Waals surface area contributed by atoms with Crippen LogP contribution in [0.1, 0.15) is 0 Å². The van der Waals surface area contributed by atoms with Crippen molar-refractivity contribution in [3.8, 4) is 5.75 Å². The van der Waals surface area contributed by atoms with Crippen LogP contribution in [0.4, 0.5) is 10.1 Å². The minimum absolute atomic E-state index is 0.00108. The monoisotopic (exact) mass is 374 g/mol. The molecule has 2 aromatic rings. The van der Waals surface area contributed by atoms with Crippen molar-refractivity contribution >= 4 is 27.3 Å². The van der Waals surface area contributed by atoms with Gasteiger partial charge in [0.05, 0.1) is 9.82 Å². The number of nitro groups is 1. The van der Waals surface area contributed by atoms with Gasteiger partial charge in [-0.25, -0.2) is 17.5 Å². The molecular formula is C14H12ClFN2O5S. The Morgan fingerprint density at radius 3 is 2.62 bits per heavy atom. The summed E-state index contributed by atoms with van der Waals surface area (Å²) in [4.78, 5) is 9.72.